The van der Waals surface area contributed by atoms with Gasteiger partial charge in [-0.1, -0.05) is 25.1 Å². The number of anilines is 1. The van der Waals surface area contributed by atoms with Crippen LogP contribution in [0.25, 0.3) is 6.08 Å². The van der Waals surface area contributed by atoms with Crippen LogP contribution in [-0.4, -0.2) is 29.6 Å². The van der Waals surface area contributed by atoms with Crippen LogP contribution < -0.4 is 15.0 Å². The zero-order valence-electron chi connectivity index (χ0n) is 14.6. The van der Waals surface area contributed by atoms with Gasteiger partial charge in [0.25, 0.3) is 11.8 Å². The van der Waals surface area contributed by atoms with E-state index in [0.717, 1.165) is 11.3 Å². The Morgan fingerprint density at radius 1 is 1.07 bits per heavy atom. The third-order valence-electron chi connectivity index (χ3n) is 3.91. The van der Waals surface area contributed by atoms with Crippen LogP contribution in [-0.2, 0) is 9.59 Å². The van der Waals surface area contributed by atoms with Crippen molar-refractivity contribution >= 4 is 29.6 Å². The van der Waals surface area contributed by atoms with Crippen molar-refractivity contribution in [2.24, 2.45) is 0 Å². The fourth-order valence-corrected chi connectivity index (χ4v) is 2.57. The van der Waals surface area contributed by atoms with Gasteiger partial charge in [0, 0.05) is 5.56 Å². The van der Waals surface area contributed by atoms with Gasteiger partial charge in [-0.2, -0.15) is 0 Å². The Morgan fingerprint density at radius 2 is 1.78 bits per heavy atom. The predicted molar refractivity (Wildman–Crippen MR) is 99.3 cm³/mol. The molecule has 7 heteroatoms. The summed E-state index contributed by atoms with van der Waals surface area (Å²) in [5, 5.41) is 12.0. The first-order chi connectivity index (χ1) is 13.0. The summed E-state index contributed by atoms with van der Waals surface area (Å²) in [7, 11) is 0. The number of aromatic hydroxyl groups is 1. The summed E-state index contributed by atoms with van der Waals surface area (Å²) in [6.07, 6.45) is 2.11. The first-order valence-corrected chi connectivity index (χ1v) is 8.43. The lowest BCUT2D eigenvalue weighted by molar-refractivity contribution is -0.122. The average molecular weight is 366 g/mol. The molecule has 0 saturated carbocycles. The third kappa shape index (κ3) is 3.82. The van der Waals surface area contributed by atoms with Crippen LogP contribution >= 0.6 is 0 Å². The number of phenols is 1. The van der Waals surface area contributed by atoms with Crippen LogP contribution in [0.2, 0.25) is 0 Å². The second-order valence-corrected chi connectivity index (χ2v) is 5.86. The summed E-state index contributed by atoms with van der Waals surface area (Å²) in [6, 6.07) is 11.9. The van der Waals surface area contributed by atoms with Crippen molar-refractivity contribution in [2.45, 2.75) is 13.3 Å². The lowest BCUT2D eigenvalue weighted by Crippen LogP contribution is -2.54. The first-order valence-electron chi connectivity index (χ1n) is 8.43. The summed E-state index contributed by atoms with van der Waals surface area (Å²) in [5.41, 5.74) is 0.355. The minimum atomic E-state index is -0.832. The highest BCUT2D eigenvalue weighted by Gasteiger charge is 2.36. The summed E-state index contributed by atoms with van der Waals surface area (Å²) >= 11 is 0. The molecule has 1 aliphatic rings. The van der Waals surface area contributed by atoms with Gasteiger partial charge in [-0.25, -0.2) is 9.69 Å². The molecule has 0 radical (unpaired) electrons. The zero-order chi connectivity index (χ0) is 19.4. The number of benzene rings is 2. The second-order valence-electron chi connectivity index (χ2n) is 5.86. The molecule has 0 atom stereocenters. The van der Waals surface area contributed by atoms with Crippen molar-refractivity contribution < 1.29 is 24.2 Å². The standard InChI is InChI=1S/C20H18N2O5/c1-2-11-27-15-9-7-14(8-10-15)22-19(25)16(18(24)21-20(22)26)12-13-5-3-4-6-17(13)23/h3-10,12,23H,2,11H2,1H3,(H,21,24,26)/b16-12-. The van der Waals surface area contributed by atoms with Crippen LogP contribution in [0.15, 0.2) is 54.1 Å². The van der Waals surface area contributed by atoms with E-state index < -0.39 is 17.8 Å². The molecule has 2 aromatic carbocycles. The molecule has 4 amide bonds. The molecule has 2 aromatic rings. The maximum Gasteiger partial charge on any atom is 0.335 e. The van der Waals surface area contributed by atoms with E-state index in [1.165, 1.54) is 12.1 Å². The van der Waals surface area contributed by atoms with Crippen LogP contribution in [0.5, 0.6) is 11.5 Å². The highest BCUT2D eigenvalue weighted by molar-refractivity contribution is 6.39. The van der Waals surface area contributed by atoms with E-state index in [2.05, 4.69) is 5.32 Å². The van der Waals surface area contributed by atoms with Crippen LogP contribution in [0, 0.1) is 0 Å². The van der Waals surface area contributed by atoms with Gasteiger partial charge in [0.15, 0.2) is 0 Å². The molecule has 0 spiro atoms. The molecule has 2 N–H and O–H groups in total. The van der Waals surface area contributed by atoms with Gasteiger partial charge in [-0.05, 0) is 42.8 Å². The highest BCUT2D eigenvalue weighted by Crippen LogP contribution is 2.26. The van der Waals surface area contributed by atoms with Crippen molar-refractivity contribution in [1.82, 2.24) is 5.32 Å². The lowest BCUT2D eigenvalue weighted by atomic mass is 10.1. The number of carbonyl (C=O) groups excluding carboxylic acids is 3. The van der Waals surface area contributed by atoms with Crippen LogP contribution in [0.1, 0.15) is 18.9 Å². The number of hydrogen-bond donors (Lipinski definition) is 2. The fourth-order valence-electron chi connectivity index (χ4n) is 2.57. The Bertz CT molecular complexity index is 918. The molecule has 0 aromatic heterocycles. The Labute approximate surface area is 155 Å². The Hall–Kier alpha value is -3.61. The maximum atomic E-state index is 12.8. The minimum Gasteiger partial charge on any atom is -0.507 e. The summed E-state index contributed by atoms with van der Waals surface area (Å²) in [4.78, 5) is 38.0. The van der Waals surface area contributed by atoms with E-state index in [1.807, 2.05) is 6.92 Å². The van der Waals surface area contributed by atoms with Crippen molar-refractivity contribution in [3.05, 3.63) is 59.7 Å². The molecule has 0 aliphatic carbocycles. The number of rotatable bonds is 5. The van der Waals surface area contributed by atoms with Gasteiger partial charge in [0.1, 0.15) is 17.1 Å². The van der Waals surface area contributed by atoms with E-state index in [4.69, 9.17) is 4.74 Å². The normalized spacial score (nSPS) is 15.8. The van der Waals surface area contributed by atoms with Gasteiger partial charge in [-0.15, -0.1) is 0 Å². The molecule has 0 bridgehead atoms. The first kappa shape index (κ1) is 18.2. The summed E-state index contributed by atoms with van der Waals surface area (Å²) in [6.45, 7) is 2.55. The number of para-hydroxylation sites is 1. The van der Waals surface area contributed by atoms with Gasteiger partial charge in [-0.3, -0.25) is 14.9 Å². The third-order valence-corrected chi connectivity index (χ3v) is 3.91. The Morgan fingerprint density at radius 3 is 2.44 bits per heavy atom. The van der Waals surface area contributed by atoms with Gasteiger partial charge in [0.2, 0.25) is 0 Å². The van der Waals surface area contributed by atoms with E-state index in [0.29, 0.717) is 23.6 Å². The number of phenolic OH excluding ortho intramolecular Hbond substituents is 1. The SMILES string of the molecule is CCCOc1ccc(N2C(=O)NC(=O)/C(=C/c3ccccc3O)C2=O)cc1. The summed E-state index contributed by atoms with van der Waals surface area (Å²) in [5.74, 6) is -1.04. The van der Waals surface area contributed by atoms with Crippen molar-refractivity contribution in [2.75, 3.05) is 11.5 Å². The molecule has 1 heterocycles. The molecule has 1 fully saturated rings. The number of nitrogens with one attached hydrogen (secondary N) is 1. The van der Waals surface area contributed by atoms with Crippen LogP contribution in [0.3, 0.4) is 0 Å². The quantitative estimate of drug-likeness (QED) is 0.627. The number of hydrogen-bond acceptors (Lipinski definition) is 5. The minimum absolute atomic E-state index is 0.0773. The number of nitrogens with zero attached hydrogens (tertiary/aromatic N) is 1. The molecule has 27 heavy (non-hydrogen) atoms. The Balaban J connectivity index is 1.92. The number of carbonyl (C=O) groups is 3. The van der Waals surface area contributed by atoms with Crippen LogP contribution in [0.4, 0.5) is 10.5 Å². The second kappa shape index (κ2) is 7.74. The number of urea groups is 1. The van der Waals surface area contributed by atoms with Crippen molar-refractivity contribution in [3.63, 3.8) is 0 Å². The topological polar surface area (TPSA) is 95.9 Å². The van der Waals surface area contributed by atoms with E-state index >= 15 is 0 Å². The van der Waals surface area contributed by atoms with E-state index in [1.54, 1.807) is 42.5 Å². The smallest absolute Gasteiger partial charge is 0.335 e. The number of barbiturate groups is 1. The molecule has 138 valence electrons. The average Bonchev–Trinajstić information content (AvgIpc) is 2.65. The van der Waals surface area contributed by atoms with E-state index in [-0.39, 0.29) is 11.3 Å². The van der Waals surface area contributed by atoms with Crippen molar-refractivity contribution in [3.8, 4) is 11.5 Å². The molecule has 0 unspecified atom stereocenters. The highest BCUT2D eigenvalue weighted by atomic mass is 16.5. The fraction of sp³-hybridized carbons (Fsp3) is 0.150. The molecule has 1 aliphatic heterocycles. The monoisotopic (exact) mass is 366 g/mol. The molecular weight excluding hydrogens is 348 g/mol. The molecule has 1 saturated heterocycles. The summed E-state index contributed by atoms with van der Waals surface area (Å²) < 4.78 is 5.48. The number of amides is 4. The number of ether oxygens (including phenoxy) is 1. The molecule has 7 nitrogen and oxygen atoms in total. The Kier molecular flexibility index (Phi) is 5.21. The van der Waals surface area contributed by atoms with Gasteiger partial charge < -0.3 is 9.84 Å². The van der Waals surface area contributed by atoms with Gasteiger partial charge in [0.05, 0.1) is 12.3 Å². The maximum absolute atomic E-state index is 12.8. The molecule has 3 rings (SSSR count). The largest absolute Gasteiger partial charge is 0.507 e. The zero-order valence-corrected chi connectivity index (χ0v) is 14.6. The van der Waals surface area contributed by atoms with E-state index in [9.17, 15) is 19.5 Å². The molecular formula is C20H18N2O5. The van der Waals surface area contributed by atoms with Gasteiger partial charge >= 0.3 is 6.03 Å². The van der Waals surface area contributed by atoms with Crippen molar-refractivity contribution in [1.29, 1.82) is 0 Å². The predicted octanol–water partition coefficient (Wildman–Crippen LogP) is 2.85. The number of imide groups is 2. The lowest BCUT2D eigenvalue weighted by Gasteiger charge is -2.26.